The van der Waals surface area contributed by atoms with Crippen molar-refractivity contribution in [1.82, 2.24) is 5.06 Å². The van der Waals surface area contributed by atoms with E-state index in [4.69, 9.17) is 4.84 Å². The van der Waals surface area contributed by atoms with Gasteiger partial charge in [0.1, 0.15) is 0 Å². The van der Waals surface area contributed by atoms with Crippen LogP contribution >= 0.6 is 0 Å². The second kappa shape index (κ2) is 8.61. The molecule has 4 rings (SSSR count). The zero-order valence-electron chi connectivity index (χ0n) is 20.3. The minimum Gasteiger partial charge on any atom is -0.393 e. The first kappa shape index (κ1) is 23.5. The van der Waals surface area contributed by atoms with Crippen molar-refractivity contribution in [2.45, 2.75) is 97.2 Å². The lowest BCUT2D eigenvalue weighted by Gasteiger charge is -2.62. The summed E-state index contributed by atoms with van der Waals surface area (Å²) in [5.74, 6) is 3.81. The topological polar surface area (TPSA) is 70.0 Å². The molecule has 4 fully saturated rings. The van der Waals surface area contributed by atoms with Gasteiger partial charge in [-0.3, -0.25) is 9.63 Å². The Morgan fingerprint density at radius 2 is 1.84 bits per heavy atom. The molecule has 178 valence electrons. The molecule has 4 saturated carbocycles. The third-order valence-corrected chi connectivity index (χ3v) is 10.9. The van der Waals surface area contributed by atoms with Crippen LogP contribution in [-0.4, -0.2) is 47.5 Å². The van der Waals surface area contributed by atoms with Gasteiger partial charge in [-0.2, -0.15) is 0 Å². The van der Waals surface area contributed by atoms with E-state index in [-0.39, 0.29) is 23.5 Å². The molecule has 4 aliphatic rings. The fourth-order valence-electron chi connectivity index (χ4n) is 9.08. The normalized spacial score (nSPS) is 47.8. The van der Waals surface area contributed by atoms with Crippen LogP contribution in [0.4, 0.5) is 0 Å². The van der Waals surface area contributed by atoms with Crippen molar-refractivity contribution in [1.29, 1.82) is 0 Å². The van der Waals surface area contributed by atoms with Crippen LogP contribution < -0.4 is 0 Å². The summed E-state index contributed by atoms with van der Waals surface area (Å²) in [6, 6.07) is 0. The number of nitrogens with zero attached hydrogens (tertiary/aromatic N) is 1. The summed E-state index contributed by atoms with van der Waals surface area (Å²) >= 11 is 0. The fraction of sp³-hybridized carbons (Fsp3) is 0.962. The lowest BCUT2D eigenvalue weighted by molar-refractivity contribution is -0.182. The molecular formula is C26H45NO4. The quantitative estimate of drug-likeness (QED) is 0.628. The van der Waals surface area contributed by atoms with Gasteiger partial charge in [0.2, 0.25) is 5.91 Å². The molecule has 10 atom stereocenters. The van der Waals surface area contributed by atoms with Crippen molar-refractivity contribution in [2.24, 2.45) is 46.3 Å². The van der Waals surface area contributed by atoms with E-state index in [1.165, 1.54) is 37.2 Å². The van der Waals surface area contributed by atoms with Crippen LogP contribution in [0.25, 0.3) is 0 Å². The molecule has 0 heterocycles. The molecule has 2 N–H and O–H groups in total. The van der Waals surface area contributed by atoms with Crippen LogP contribution in [0.15, 0.2) is 0 Å². The summed E-state index contributed by atoms with van der Waals surface area (Å²) in [7, 11) is 3.23. The molecule has 0 bridgehead atoms. The highest BCUT2D eigenvalue weighted by atomic mass is 16.7. The third-order valence-electron chi connectivity index (χ3n) is 10.9. The number of carbonyl (C=O) groups is 1. The van der Waals surface area contributed by atoms with Gasteiger partial charge in [0.25, 0.3) is 0 Å². The molecule has 1 amide bonds. The van der Waals surface area contributed by atoms with Crippen molar-refractivity contribution in [3.05, 3.63) is 0 Å². The van der Waals surface area contributed by atoms with Crippen LogP contribution in [-0.2, 0) is 9.63 Å². The Labute approximate surface area is 188 Å². The molecule has 0 saturated heterocycles. The fourth-order valence-corrected chi connectivity index (χ4v) is 9.08. The highest BCUT2D eigenvalue weighted by molar-refractivity contribution is 5.74. The molecule has 0 aromatic rings. The average Bonchev–Trinajstić information content (AvgIpc) is 3.09. The highest BCUT2D eigenvalue weighted by Gasteiger charge is 2.62. The Bertz CT molecular complexity index is 670. The minimum absolute atomic E-state index is 0.0235. The standard InChI is InChI=1S/C26H45NO4/c1-16(6-11-24(30)27(4)31-5)20-9-10-21-19-8-7-17-14-18(28)15-23(29)26(17,3)22(19)12-13-25(20,21)2/h16-23,28-29H,6-15H2,1-5H3/t16-,17+,18-,19+,20-,21+,22+,23+,25-,26+/m1/s1. The molecule has 0 aliphatic heterocycles. The number of carbonyl (C=O) groups excluding carboxylic acids is 1. The van der Waals surface area contributed by atoms with Gasteiger partial charge in [0.05, 0.1) is 19.3 Å². The van der Waals surface area contributed by atoms with Crippen LogP contribution in [0.3, 0.4) is 0 Å². The monoisotopic (exact) mass is 435 g/mol. The van der Waals surface area contributed by atoms with Crippen LogP contribution in [0.1, 0.15) is 85.0 Å². The maximum absolute atomic E-state index is 12.2. The molecule has 31 heavy (non-hydrogen) atoms. The van der Waals surface area contributed by atoms with Crippen molar-refractivity contribution in [3.63, 3.8) is 0 Å². The second-order valence-corrected chi connectivity index (χ2v) is 12.0. The van der Waals surface area contributed by atoms with Crippen LogP contribution in [0.2, 0.25) is 0 Å². The van der Waals surface area contributed by atoms with E-state index in [1.807, 2.05) is 0 Å². The molecular weight excluding hydrogens is 390 g/mol. The molecule has 5 heteroatoms. The first-order valence-electron chi connectivity index (χ1n) is 12.8. The van der Waals surface area contributed by atoms with E-state index in [1.54, 1.807) is 14.2 Å². The second-order valence-electron chi connectivity index (χ2n) is 12.0. The zero-order chi connectivity index (χ0) is 22.6. The van der Waals surface area contributed by atoms with E-state index >= 15 is 0 Å². The van der Waals surface area contributed by atoms with E-state index in [9.17, 15) is 15.0 Å². The van der Waals surface area contributed by atoms with Crippen molar-refractivity contribution < 1.29 is 19.8 Å². The maximum Gasteiger partial charge on any atom is 0.245 e. The van der Waals surface area contributed by atoms with E-state index in [2.05, 4.69) is 20.8 Å². The molecule has 0 aromatic carbocycles. The molecule has 0 radical (unpaired) electrons. The number of amides is 1. The summed E-state index contributed by atoms with van der Waals surface area (Å²) in [4.78, 5) is 17.3. The summed E-state index contributed by atoms with van der Waals surface area (Å²) in [5.41, 5.74) is 0.337. The van der Waals surface area contributed by atoms with Gasteiger partial charge in [-0.1, -0.05) is 20.8 Å². The van der Waals surface area contributed by atoms with Gasteiger partial charge in [0, 0.05) is 13.5 Å². The number of aliphatic hydroxyl groups is 2. The van der Waals surface area contributed by atoms with Gasteiger partial charge in [-0.05, 0) is 104 Å². The van der Waals surface area contributed by atoms with E-state index in [0.717, 1.165) is 25.2 Å². The molecule has 0 spiro atoms. The average molecular weight is 436 g/mol. The number of fused-ring (bicyclic) bond motifs is 5. The molecule has 4 aliphatic carbocycles. The first-order valence-corrected chi connectivity index (χ1v) is 12.8. The molecule has 0 aromatic heterocycles. The van der Waals surface area contributed by atoms with Crippen LogP contribution in [0, 0.1) is 46.3 Å². The SMILES string of the molecule is CON(C)C(=O)CC[C@@H](C)[C@H]1CC[C@H]2[C@@H]3CC[C@H]4C[C@@H](O)C[C@H](O)[C@]4(C)[C@H]3CC[C@]12C. The largest absolute Gasteiger partial charge is 0.393 e. The smallest absolute Gasteiger partial charge is 0.245 e. The number of aliphatic hydroxyl groups excluding tert-OH is 2. The highest BCUT2D eigenvalue weighted by Crippen LogP contribution is 2.68. The lowest BCUT2D eigenvalue weighted by atomic mass is 9.43. The third kappa shape index (κ3) is 3.77. The maximum atomic E-state index is 12.2. The lowest BCUT2D eigenvalue weighted by Crippen LogP contribution is -2.59. The number of hydrogen-bond donors (Lipinski definition) is 2. The van der Waals surface area contributed by atoms with Gasteiger partial charge in [-0.15, -0.1) is 0 Å². The Morgan fingerprint density at radius 1 is 1.10 bits per heavy atom. The van der Waals surface area contributed by atoms with Gasteiger partial charge < -0.3 is 10.2 Å². The van der Waals surface area contributed by atoms with E-state index < -0.39 is 0 Å². The Kier molecular flexibility index (Phi) is 6.53. The summed E-state index contributed by atoms with van der Waals surface area (Å²) in [6.45, 7) is 7.25. The van der Waals surface area contributed by atoms with Crippen LogP contribution in [0.5, 0.6) is 0 Å². The van der Waals surface area contributed by atoms with Gasteiger partial charge in [0.15, 0.2) is 0 Å². The zero-order valence-corrected chi connectivity index (χ0v) is 20.3. The predicted octanol–water partition coefficient (Wildman–Crippen LogP) is 4.41. The van der Waals surface area contributed by atoms with Crippen molar-refractivity contribution in [3.8, 4) is 0 Å². The first-order chi connectivity index (χ1) is 14.6. The van der Waals surface area contributed by atoms with Gasteiger partial charge in [-0.25, -0.2) is 5.06 Å². The summed E-state index contributed by atoms with van der Waals surface area (Å²) in [6.07, 6.45) is 9.72. The summed E-state index contributed by atoms with van der Waals surface area (Å²) < 4.78 is 0. The molecule has 0 unspecified atom stereocenters. The van der Waals surface area contributed by atoms with Crippen molar-refractivity contribution >= 4 is 5.91 Å². The predicted molar refractivity (Wildman–Crippen MR) is 121 cm³/mol. The molecule has 5 nitrogen and oxygen atoms in total. The Hall–Kier alpha value is -0.650. The Morgan fingerprint density at radius 3 is 2.55 bits per heavy atom. The Balaban J connectivity index is 1.47. The number of hydroxylamine groups is 2. The minimum atomic E-state index is -0.363. The number of rotatable bonds is 5. The van der Waals surface area contributed by atoms with E-state index in [0.29, 0.717) is 47.8 Å². The number of hydrogen-bond acceptors (Lipinski definition) is 4. The van der Waals surface area contributed by atoms with Crippen molar-refractivity contribution in [2.75, 3.05) is 14.2 Å². The van der Waals surface area contributed by atoms with Gasteiger partial charge >= 0.3 is 0 Å². The summed E-state index contributed by atoms with van der Waals surface area (Å²) in [5, 5.41) is 22.7.